The maximum atomic E-state index is 4.59. The van der Waals surface area contributed by atoms with Crippen LogP contribution in [0.1, 0.15) is 22.6 Å². The average molecular weight is 422 g/mol. The Kier molecular flexibility index (Phi) is 4.93. The van der Waals surface area contributed by atoms with Crippen LogP contribution in [0.4, 0.5) is 0 Å². The summed E-state index contributed by atoms with van der Waals surface area (Å²) >= 11 is 0. The summed E-state index contributed by atoms with van der Waals surface area (Å²) in [4.78, 5) is 4.59. The third-order valence-electron chi connectivity index (χ3n) is 6.45. The molecule has 1 aromatic heterocycles. The predicted octanol–water partition coefficient (Wildman–Crippen LogP) is 8.24. The summed E-state index contributed by atoms with van der Waals surface area (Å²) in [6.45, 7) is 0. The van der Waals surface area contributed by atoms with Gasteiger partial charge in [-0.05, 0) is 56.4 Å². The van der Waals surface area contributed by atoms with E-state index < -0.39 is 0 Å². The lowest BCUT2D eigenvalue weighted by Gasteiger charge is -2.23. The summed E-state index contributed by atoms with van der Waals surface area (Å²) in [5, 5.41) is 5.12. The Morgan fingerprint density at radius 1 is 0.485 bits per heavy atom. The number of hydrogen-bond acceptors (Lipinski definition) is 1. The van der Waals surface area contributed by atoms with Crippen molar-refractivity contribution in [3.05, 3.63) is 150 Å². The second-order valence-electron chi connectivity index (χ2n) is 8.41. The first-order chi connectivity index (χ1) is 16.4. The molecular formula is C32H23N. The van der Waals surface area contributed by atoms with E-state index in [1.54, 1.807) is 0 Å². The molecule has 156 valence electrons. The van der Waals surface area contributed by atoms with Gasteiger partial charge in [-0.25, -0.2) is 0 Å². The molecule has 0 saturated carbocycles. The lowest BCUT2D eigenvalue weighted by Crippen LogP contribution is -2.05. The van der Waals surface area contributed by atoms with Crippen molar-refractivity contribution in [3.8, 4) is 11.3 Å². The zero-order valence-electron chi connectivity index (χ0n) is 18.2. The Hall–Kier alpha value is -4.23. The first kappa shape index (κ1) is 19.5. The minimum absolute atomic E-state index is 0.103. The topological polar surface area (TPSA) is 12.9 Å². The highest BCUT2D eigenvalue weighted by molar-refractivity contribution is 5.91. The molecule has 0 spiro atoms. The summed E-state index contributed by atoms with van der Waals surface area (Å²) in [5.41, 5.74) is 6.05. The fourth-order valence-electron chi connectivity index (χ4n) is 4.94. The highest BCUT2D eigenvalue weighted by atomic mass is 14.7. The van der Waals surface area contributed by atoms with Crippen LogP contribution in [0.5, 0.6) is 0 Å². The van der Waals surface area contributed by atoms with Gasteiger partial charge in [-0.1, -0.05) is 109 Å². The monoisotopic (exact) mass is 421 g/mol. The molecule has 1 nitrogen and oxygen atoms in total. The Morgan fingerprint density at radius 2 is 1.06 bits per heavy atom. The molecule has 0 saturated heterocycles. The van der Waals surface area contributed by atoms with Crippen LogP contribution in [0.25, 0.3) is 32.8 Å². The fraction of sp³-hybridized carbons (Fsp3) is 0.0312. The van der Waals surface area contributed by atoms with Crippen LogP contribution in [0.2, 0.25) is 0 Å². The molecule has 33 heavy (non-hydrogen) atoms. The van der Waals surface area contributed by atoms with Crippen LogP contribution in [0, 0.1) is 0 Å². The van der Waals surface area contributed by atoms with Crippen molar-refractivity contribution in [3.63, 3.8) is 0 Å². The van der Waals surface area contributed by atoms with E-state index in [0.29, 0.717) is 0 Å². The van der Waals surface area contributed by atoms with Crippen molar-refractivity contribution in [2.75, 3.05) is 0 Å². The number of nitrogens with zero attached hydrogens (tertiary/aromatic N) is 1. The zero-order chi connectivity index (χ0) is 22.0. The molecule has 5 aromatic carbocycles. The van der Waals surface area contributed by atoms with Gasteiger partial charge in [-0.15, -0.1) is 0 Å². The van der Waals surface area contributed by atoms with Gasteiger partial charge in [-0.2, -0.15) is 0 Å². The second-order valence-corrected chi connectivity index (χ2v) is 8.41. The number of pyridine rings is 1. The van der Waals surface area contributed by atoms with Gasteiger partial charge in [0, 0.05) is 17.7 Å². The van der Waals surface area contributed by atoms with Crippen molar-refractivity contribution < 1.29 is 0 Å². The van der Waals surface area contributed by atoms with E-state index in [1.165, 1.54) is 38.2 Å². The molecule has 1 heterocycles. The lowest BCUT2D eigenvalue weighted by molar-refractivity contribution is 1.00. The molecule has 0 atom stereocenters. The minimum atomic E-state index is 0.103. The van der Waals surface area contributed by atoms with Crippen LogP contribution in [-0.4, -0.2) is 4.98 Å². The van der Waals surface area contributed by atoms with Crippen LogP contribution in [0.15, 0.2) is 134 Å². The maximum Gasteiger partial charge on any atom is 0.0702 e. The average Bonchev–Trinajstić information content (AvgIpc) is 2.90. The molecule has 0 bridgehead atoms. The molecule has 0 radical (unpaired) electrons. The summed E-state index contributed by atoms with van der Waals surface area (Å²) in [7, 11) is 0. The Balaban J connectivity index is 1.64. The standard InChI is InChI=1S/C32H23N/c1-3-16-27-23(10-1)12-8-18-29(27)32(30-19-9-13-24-11-2-4-17-28(24)30)26-15-7-14-25(22-26)31-20-5-6-21-33-31/h1-22,32H. The van der Waals surface area contributed by atoms with Gasteiger partial charge < -0.3 is 0 Å². The van der Waals surface area contributed by atoms with Crippen molar-refractivity contribution in [1.82, 2.24) is 4.98 Å². The number of benzene rings is 5. The van der Waals surface area contributed by atoms with Gasteiger partial charge in [0.05, 0.1) is 5.69 Å². The third kappa shape index (κ3) is 3.58. The Morgan fingerprint density at radius 3 is 1.70 bits per heavy atom. The van der Waals surface area contributed by atoms with E-state index in [2.05, 4.69) is 120 Å². The number of rotatable bonds is 4. The largest absolute Gasteiger partial charge is 0.256 e. The summed E-state index contributed by atoms with van der Waals surface area (Å²) in [6.07, 6.45) is 1.86. The van der Waals surface area contributed by atoms with Crippen LogP contribution < -0.4 is 0 Å². The lowest BCUT2D eigenvalue weighted by atomic mass is 9.80. The molecule has 6 rings (SSSR count). The van der Waals surface area contributed by atoms with Crippen molar-refractivity contribution in [1.29, 1.82) is 0 Å². The van der Waals surface area contributed by atoms with E-state index in [1.807, 2.05) is 18.3 Å². The first-order valence-corrected chi connectivity index (χ1v) is 11.4. The van der Waals surface area contributed by atoms with E-state index in [0.717, 1.165) is 11.3 Å². The summed E-state index contributed by atoms with van der Waals surface area (Å²) < 4.78 is 0. The summed E-state index contributed by atoms with van der Waals surface area (Å²) in [6, 6.07) is 45.6. The van der Waals surface area contributed by atoms with Gasteiger partial charge in [0.25, 0.3) is 0 Å². The van der Waals surface area contributed by atoms with Crippen LogP contribution in [-0.2, 0) is 0 Å². The van der Waals surface area contributed by atoms with Gasteiger partial charge in [-0.3, -0.25) is 4.98 Å². The normalized spacial score (nSPS) is 11.3. The smallest absolute Gasteiger partial charge is 0.0702 e. The quantitative estimate of drug-likeness (QED) is 0.261. The molecule has 0 fully saturated rings. The number of fused-ring (bicyclic) bond motifs is 2. The van der Waals surface area contributed by atoms with Gasteiger partial charge >= 0.3 is 0 Å². The van der Waals surface area contributed by atoms with Crippen molar-refractivity contribution in [2.24, 2.45) is 0 Å². The van der Waals surface area contributed by atoms with E-state index in [4.69, 9.17) is 0 Å². The minimum Gasteiger partial charge on any atom is -0.256 e. The van der Waals surface area contributed by atoms with Gasteiger partial charge in [0.15, 0.2) is 0 Å². The maximum absolute atomic E-state index is 4.59. The van der Waals surface area contributed by atoms with Crippen molar-refractivity contribution in [2.45, 2.75) is 5.92 Å². The van der Waals surface area contributed by atoms with E-state index >= 15 is 0 Å². The number of hydrogen-bond donors (Lipinski definition) is 0. The molecule has 1 heteroatoms. The van der Waals surface area contributed by atoms with Gasteiger partial charge in [0.2, 0.25) is 0 Å². The van der Waals surface area contributed by atoms with Crippen LogP contribution >= 0.6 is 0 Å². The highest BCUT2D eigenvalue weighted by Gasteiger charge is 2.21. The molecule has 0 aliphatic carbocycles. The molecule has 0 N–H and O–H groups in total. The Bertz CT molecular complexity index is 1480. The molecular weight excluding hydrogens is 398 g/mol. The molecule has 0 aliphatic heterocycles. The summed E-state index contributed by atoms with van der Waals surface area (Å²) in [5.74, 6) is 0.103. The van der Waals surface area contributed by atoms with Crippen molar-refractivity contribution >= 4 is 21.5 Å². The third-order valence-corrected chi connectivity index (χ3v) is 6.45. The second kappa shape index (κ2) is 8.37. The molecule has 6 aromatic rings. The van der Waals surface area contributed by atoms with Gasteiger partial charge in [0.1, 0.15) is 0 Å². The molecule has 0 unspecified atom stereocenters. The van der Waals surface area contributed by atoms with Crippen LogP contribution in [0.3, 0.4) is 0 Å². The molecule has 0 aliphatic rings. The fourth-order valence-corrected chi connectivity index (χ4v) is 4.94. The predicted molar refractivity (Wildman–Crippen MR) is 139 cm³/mol. The Labute approximate surface area is 194 Å². The van der Waals surface area contributed by atoms with E-state index in [9.17, 15) is 0 Å². The zero-order valence-corrected chi connectivity index (χ0v) is 18.2. The highest BCUT2D eigenvalue weighted by Crippen LogP contribution is 2.40. The molecule has 0 amide bonds. The SMILES string of the molecule is c1ccc(-c2cccc(C(c3cccc4ccccc34)c3cccc4ccccc34)c2)nc1. The first-order valence-electron chi connectivity index (χ1n) is 11.4. The van der Waals surface area contributed by atoms with E-state index in [-0.39, 0.29) is 5.92 Å². The number of aromatic nitrogens is 1.